The zero-order valence-electron chi connectivity index (χ0n) is 18.4. The van der Waals surface area contributed by atoms with Crippen molar-refractivity contribution < 1.29 is 0 Å². The quantitative estimate of drug-likeness (QED) is 0.325. The highest BCUT2D eigenvalue weighted by Gasteiger charge is 2.08. The first kappa shape index (κ1) is 21.6. The van der Waals surface area contributed by atoms with Gasteiger partial charge < -0.3 is 0 Å². The molecule has 0 saturated carbocycles. The smallest absolute Gasteiger partial charge is 0.00257 e. The van der Waals surface area contributed by atoms with Crippen molar-refractivity contribution in [2.45, 2.75) is 39.5 Å². The Bertz CT molecular complexity index is 1030. The van der Waals surface area contributed by atoms with Crippen LogP contribution in [0.3, 0.4) is 0 Å². The van der Waals surface area contributed by atoms with Crippen LogP contribution in [0, 0.1) is 0 Å². The minimum atomic E-state index is 0.877. The lowest BCUT2D eigenvalue weighted by molar-refractivity contribution is 1.000. The van der Waals surface area contributed by atoms with Gasteiger partial charge in [0.15, 0.2) is 0 Å². The molecule has 0 radical (unpaired) electrons. The Labute approximate surface area is 182 Å². The summed E-state index contributed by atoms with van der Waals surface area (Å²) >= 11 is 0. The Hall–Kier alpha value is -3.12. The summed E-state index contributed by atoms with van der Waals surface area (Å²) in [5.41, 5.74) is 11.3. The van der Waals surface area contributed by atoms with Crippen LogP contribution in [-0.2, 0) is 25.7 Å². The van der Waals surface area contributed by atoms with Crippen LogP contribution in [0.2, 0.25) is 0 Å². The molecule has 0 bridgehead atoms. The normalized spacial score (nSPS) is 10.6. The Morgan fingerprint density at radius 1 is 0.667 bits per heavy atom. The molecule has 0 heterocycles. The monoisotopic (exact) mass is 392 g/mol. The van der Waals surface area contributed by atoms with E-state index < -0.39 is 0 Å². The predicted molar refractivity (Wildman–Crippen MR) is 133 cm³/mol. The lowest BCUT2D eigenvalue weighted by Gasteiger charge is -2.14. The molecule has 0 atom stereocenters. The van der Waals surface area contributed by atoms with E-state index in [9.17, 15) is 0 Å². The minimum absolute atomic E-state index is 0.877. The molecule has 0 amide bonds. The van der Waals surface area contributed by atoms with Crippen molar-refractivity contribution in [3.63, 3.8) is 0 Å². The van der Waals surface area contributed by atoms with Gasteiger partial charge in [-0.05, 0) is 71.6 Å². The summed E-state index contributed by atoms with van der Waals surface area (Å²) < 4.78 is 0. The summed E-state index contributed by atoms with van der Waals surface area (Å²) in [5.74, 6) is 0. The van der Waals surface area contributed by atoms with Crippen LogP contribution in [0.25, 0.3) is 11.1 Å². The van der Waals surface area contributed by atoms with Crippen LogP contribution in [0.5, 0.6) is 0 Å². The first-order valence-corrected chi connectivity index (χ1v) is 10.7. The van der Waals surface area contributed by atoms with E-state index in [0.717, 1.165) is 36.8 Å². The predicted octanol–water partition coefficient (Wildman–Crippen LogP) is 7.88. The van der Waals surface area contributed by atoms with Crippen molar-refractivity contribution in [2.24, 2.45) is 0 Å². The number of hydrogen-bond donors (Lipinski definition) is 0. The van der Waals surface area contributed by atoms with Gasteiger partial charge >= 0.3 is 0 Å². The molecule has 3 rings (SSSR count). The van der Waals surface area contributed by atoms with Crippen LogP contribution in [0.4, 0.5) is 0 Å². The molecule has 3 aromatic carbocycles. The van der Waals surface area contributed by atoms with E-state index in [1.807, 2.05) is 6.92 Å². The van der Waals surface area contributed by atoms with Crippen molar-refractivity contribution in [2.75, 3.05) is 0 Å². The summed E-state index contributed by atoms with van der Waals surface area (Å²) in [6.07, 6.45) is 3.70. The second-order valence-electron chi connectivity index (χ2n) is 8.18. The topological polar surface area (TPSA) is 0 Å². The SMILES string of the molecule is C=C(Cc1ccc(C(=C)C)cc1)Cc1cc(C(=C)Cc2ccccc2)ccc1CC. The van der Waals surface area contributed by atoms with E-state index in [2.05, 4.69) is 99.5 Å². The van der Waals surface area contributed by atoms with Crippen molar-refractivity contribution in [1.82, 2.24) is 0 Å². The molecule has 0 aromatic heterocycles. The van der Waals surface area contributed by atoms with Gasteiger partial charge in [-0.2, -0.15) is 0 Å². The van der Waals surface area contributed by atoms with Crippen molar-refractivity contribution >= 4 is 11.1 Å². The fraction of sp³-hybridized carbons (Fsp3) is 0.200. The molecule has 3 aromatic rings. The maximum Gasteiger partial charge on any atom is -0.00257 e. The number of benzene rings is 3. The molecule has 0 aliphatic carbocycles. The van der Waals surface area contributed by atoms with Gasteiger partial charge in [-0.25, -0.2) is 0 Å². The molecule has 0 fully saturated rings. The fourth-order valence-corrected chi connectivity index (χ4v) is 3.83. The van der Waals surface area contributed by atoms with Gasteiger partial charge in [-0.15, -0.1) is 0 Å². The Morgan fingerprint density at radius 2 is 1.30 bits per heavy atom. The maximum atomic E-state index is 4.38. The number of allylic oxidation sites excluding steroid dienone is 3. The third kappa shape index (κ3) is 5.70. The van der Waals surface area contributed by atoms with E-state index >= 15 is 0 Å². The van der Waals surface area contributed by atoms with Gasteiger partial charge in [0.2, 0.25) is 0 Å². The molecule has 0 saturated heterocycles. The summed E-state index contributed by atoms with van der Waals surface area (Å²) in [7, 11) is 0. The summed E-state index contributed by atoms with van der Waals surface area (Å²) in [5, 5.41) is 0. The van der Waals surface area contributed by atoms with E-state index in [4.69, 9.17) is 0 Å². The van der Waals surface area contributed by atoms with Gasteiger partial charge in [-0.3, -0.25) is 0 Å². The molecule has 0 heteroatoms. The largest absolute Gasteiger partial charge is 0.0992 e. The summed E-state index contributed by atoms with van der Waals surface area (Å²) in [6.45, 7) is 17.0. The molecule has 152 valence electrons. The molecular weight excluding hydrogens is 360 g/mol. The van der Waals surface area contributed by atoms with Gasteiger partial charge in [0.05, 0.1) is 0 Å². The zero-order valence-corrected chi connectivity index (χ0v) is 18.4. The molecule has 0 aliphatic heterocycles. The lowest BCUT2D eigenvalue weighted by atomic mass is 9.91. The van der Waals surface area contributed by atoms with Crippen molar-refractivity contribution in [1.29, 1.82) is 0 Å². The van der Waals surface area contributed by atoms with Crippen LogP contribution in [-0.4, -0.2) is 0 Å². The first-order chi connectivity index (χ1) is 14.5. The zero-order chi connectivity index (χ0) is 21.5. The molecular formula is C30H32. The van der Waals surface area contributed by atoms with Gasteiger partial charge in [0, 0.05) is 0 Å². The highest BCUT2D eigenvalue weighted by Crippen LogP contribution is 2.24. The van der Waals surface area contributed by atoms with E-state index in [0.29, 0.717) is 0 Å². The Morgan fingerprint density at radius 3 is 1.93 bits per heavy atom. The van der Waals surface area contributed by atoms with Gasteiger partial charge in [0.1, 0.15) is 0 Å². The van der Waals surface area contributed by atoms with Crippen molar-refractivity contribution in [3.8, 4) is 0 Å². The molecule has 0 spiro atoms. The highest BCUT2D eigenvalue weighted by molar-refractivity contribution is 5.67. The first-order valence-electron chi connectivity index (χ1n) is 10.7. The van der Waals surface area contributed by atoms with Crippen LogP contribution in [0.15, 0.2) is 98.1 Å². The molecule has 0 nitrogen and oxygen atoms in total. The van der Waals surface area contributed by atoms with Crippen LogP contribution < -0.4 is 0 Å². The van der Waals surface area contributed by atoms with Gasteiger partial charge in [-0.1, -0.05) is 111 Å². The van der Waals surface area contributed by atoms with Crippen LogP contribution >= 0.6 is 0 Å². The maximum absolute atomic E-state index is 4.38. The van der Waals surface area contributed by atoms with Crippen molar-refractivity contribution in [3.05, 3.63) is 131 Å². The highest BCUT2D eigenvalue weighted by atomic mass is 14.1. The van der Waals surface area contributed by atoms with E-state index in [1.54, 1.807) is 0 Å². The third-order valence-corrected chi connectivity index (χ3v) is 5.60. The molecule has 30 heavy (non-hydrogen) atoms. The van der Waals surface area contributed by atoms with Gasteiger partial charge in [0.25, 0.3) is 0 Å². The third-order valence-electron chi connectivity index (χ3n) is 5.60. The summed E-state index contributed by atoms with van der Waals surface area (Å²) in [6, 6.07) is 26.0. The van der Waals surface area contributed by atoms with E-state index in [-0.39, 0.29) is 0 Å². The second kappa shape index (κ2) is 10.1. The molecule has 0 unspecified atom stereocenters. The Kier molecular flexibility index (Phi) is 7.25. The van der Waals surface area contributed by atoms with E-state index in [1.165, 1.54) is 39.0 Å². The summed E-state index contributed by atoms with van der Waals surface area (Å²) in [4.78, 5) is 0. The standard InChI is InChI=1S/C30H32/c1-6-27-16-17-29(24(5)20-25-10-8-7-9-11-25)21-30(27)19-23(4)18-26-12-14-28(15-13-26)22(2)3/h7-17,21H,2,4-6,18-20H2,1,3H3. The molecule has 0 N–H and O–H groups in total. The number of hydrogen-bond acceptors (Lipinski definition) is 0. The number of rotatable bonds is 9. The second-order valence-corrected chi connectivity index (χ2v) is 8.18. The fourth-order valence-electron chi connectivity index (χ4n) is 3.83. The minimum Gasteiger partial charge on any atom is -0.0992 e. The average molecular weight is 393 g/mol. The Balaban J connectivity index is 1.72. The average Bonchev–Trinajstić information content (AvgIpc) is 2.74. The molecule has 0 aliphatic rings. The number of aryl methyl sites for hydroxylation is 1. The van der Waals surface area contributed by atoms with Crippen LogP contribution in [0.1, 0.15) is 47.2 Å². The lowest BCUT2D eigenvalue weighted by Crippen LogP contribution is -2.00.